The lowest BCUT2D eigenvalue weighted by Gasteiger charge is -2.42. The highest BCUT2D eigenvalue weighted by Gasteiger charge is 2.42. The van der Waals surface area contributed by atoms with Crippen LogP contribution < -0.4 is 0 Å². The van der Waals surface area contributed by atoms with Gasteiger partial charge >= 0.3 is 5.97 Å². The summed E-state index contributed by atoms with van der Waals surface area (Å²) in [5.41, 5.74) is 4.02. The summed E-state index contributed by atoms with van der Waals surface area (Å²) >= 11 is 0. The maximum Gasteiger partial charge on any atom is 0.331 e. The van der Waals surface area contributed by atoms with E-state index in [-0.39, 0.29) is 25.1 Å². The number of likely N-dealkylation sites (N-methyl/N-ethyl adjacent to an activating group) is 2. The minimum absolute atomic E-state index is 0.107. The lowest BCUT2D eigenvalue weighted by molar-refractivity contribution is -0.161. The molecule has 33 heavy (non-hydrogen) atoms. The summed E-state index contributed by atoms with van der Waals surface area (Å²) in [5, 5.41) is 0. The largest absolute Gasteiger partial charge is 0.459 e. The third kappa shape index (κ3) is 5.21. The van der Waals surface area contributed by atoms with E-state index in [9.17, 15) is 9.59 Å². The molecule has 1 fully saturated rings. The summed E-state index contributed by atoms with van der Waals surface area (Å²) in [6, 6.07) is 28.6. The predicted molar refractivity (Wildman–Crippen MR) is 129 cm³/mol. The normalized spacial score (nSPS) is 18.6. The van der Waals surface area contributed by atoms with Crippen molar-refractivity contribution >= 4 is 17.4 Å². The number of piperazine rings is 1. The monoisotopic (exact) mass is 440 g/mol. The van der Waals surface area contributed by atoms with Gasteiger partial charge in [-0.1, -0.05) is 97.1 Å². The van der Waals surface area contributed by atoms with Crippen molar-refractivity contribution in [2.75, 3.05) is 20.6 Å². The molecular formula is C28H28N2O3. The lowest BCUT2D eigenvalue weighted by Crippen LogP contribution is -2.62. The first kappa shape index (κ1) is 22.5. The Kier molecular flexibility index (Phi) is 7.01. The van der Waals surface area contributed by atoms with E-state index in [0.29, 0.717) is 0 Å². The second kappa shape index (κ2) is 10.3. The first-order valence-corrected chi connectivity index (χ1v) is 11.0. The van der Waals surface area contributed by atoms with Crippen LogP contribution in [0.4, 0.5) is 0 Å². The summed E-state index contributed by atoms with van der Waals surface area (Å²) in [6.07, 6.45) is 2.09. The van der Waals surface area contributed by atoms with Crippen LogP contribution in [0.5, 0.6) is 0 Å². The number of hydrogen-bond donors (Lipinski definition) is 0. The summed E-state index contributed by atoms with van der Waals surface area (Å²) in [5.74, 6) is -0.521. The van der Waals surface area contributed by atoms with Gasteiger partial charge in [-0.05, 0) is 29.3 Å². The molecule has 1 saturated heterocycles. The average molecular weight is 441 g/mol. The van der Waals surface area contributed by atoms with Crippen LogP contribution in [0.15, 0.2) is 97.1 Å². The minimum Gasteiger partial charge on any atom is -0.459 e. The zero-order valence-electron chi connectivity index (χ0n) is 18.9. The average Bonchev–Trinajstić information content (AvgIpc) is 2.85. The van der Waals surface area contributed by atoms with Gasteiger partial charge in [-0.15, -0.1) is 0 Å². The van der Waals surface area contributed by atoms with Gasteiger partial charge in [0, 0.05) is 7.05 Å². The maximum atomic E-state index is 13.3. The number of amides is 1. The third-order valence-electron chi connectivity index (χ3n) is 6.00. The van der Waals surface area contributed by atoms with E-state index >= 15 is 0 Å². The molecule has 0 spiro atoms. The molecule has 1 aliphatic rings. The zero-order chi connectivity index (χ0) is 23.2. The van der Waals surface area contributed by atoms with Gasteiger partial charge < -0.3 is 9.64 Å². The molecule has 4 rings (SSSR count). The van der Waals surface area contributed by atoms with Crippen molar-refractivity contribution in [3.8, 4) is 0 Å². The van der Waals surface area contributed by atoms with E-state index in [1.165, 1.54) is 4.90 Å². The highest BCUT2D eigenvalue weighted by Crippen LogP contribution is 2.28. The summed E-state index contributed by atoms with van der Waals surface area (Å²) in [7, 11) is 3.55. The Morgan fingerprint density at radius 1 is 0.879 bits per heavy atom. The van der Waals surface area contributed by atoms with E-state index in [0.717, 1.165) is 22.3 Å². The van der Waals surface area contributed by atoms with Crippen LogP contribution in [0.1, 0.15) is 16.7 Å². The maximum absolute atomic E-state index is 13.3. The van der Waals surface area contributed by atoms with Crippen molar-refractivity contribution in [2.24, 2.45) is 0 Å². The number of ether oxygens (including phenoxy) is 1. The molecule has 0 aliphatic carbocycles. The number of carbonyl (C=O) groups is 2. The molecule has 0 bridgehead atoms. The molecule has 0 saturated carbocycles. The SMILES string of the molecule is CN1CC(=O)N(C)[C@H](C(=O)OCc2ccccc2)[C@H]1C=C(c1ccccc1)c1ccccc1. The lowest BCUT2D eigenvalue weighted by atomic mass is 9.92. The second-order valence-electron chi connectivity index (χ2n) is 8.26. The fourth-order valence-corrected chi connectivity index (χ4v) is 4.15. The first-order valence-electron chi connectivity index (χ1n) is 11.0. The molecule has 2 atom stereocenters. The number of nitrogens with zero attached hydrogens (tertiary/aromatic N) is 2. The molecule has 0 radical (unpaired) electrons. The molecular weight excluding hydrogens is 412 g/mol. The Balaban J connectivity index is 1.70. The number of rotatable bonds is 6. The minimum atomic E-state index is -0.748. The van der Waals surface area contributed by atoms with Crippen molar-refractivity contribution in [1.29, 1.82) is 0 Å². The highest BCUT2D eigenvalue weighted by atomic mass is 16.5. The first-order chi connectivity index (χ1) is 16.0. The summed E-state index contributed by atoms with van der Waals surface area (Å²) in [6.45, 7) is 0.402. The second-order valence-corrected chi connectivity index (χ2v) is 8.26. The van der Waals surface area contributed by atoms with Gasteiger partial charge in [0.15, 0.2) is 0 Å². The molecule has 3 aromatic rings. The molecule has 0 N–H and O–H groups in total. The fraction of sp³-hybridized carbons (Fsp3) is 0.214. The van der Waals surface area contributed by atoms with E-state index in [4.69, 9.17) is 4.74 Å². The fourth-order valence-electron chi connectivity index (χ4n) is 4.15. The van der Waals surface area contributed by atoms with Crippen LogP contribution in [-0.2, 0) is 20.9 Å². The highest BCUT2D eigenvalue weighted by molar-refractivity contribution is 5.89. The summed E-state index contributed by atoms with van der Waals surface area (Å²) < 4.78 is 5.67. The molecule has 1 amide bonds. The van der Waals surface area contributed by atoms with Crippen LogP contribution in [0.2, 0.25) is 0 Å². The van der Waals surface area contributed by atoms with Crippen molar-refractivity contribution in [1.82, 2.24) is 9.80 Å². The van der Waals surface area contributed by atoms with Gasteiger partial charge in [-0.3, -0.25) is 9.69 Å². The Morgan fingerprint density at radius 3 is 1.94 bits per heavy atom. The van der Waals surface area contributed by atoms with Gasteiger partial charge in [0.2, 0.25) is 5.91 Å². The summed E-state index contributed by atoms with van der Waals surface area (Å²) in [4.78, 5) is 29.3. The van der Waals surface area contributed by atoms with E-state index < -0.39 is 12.0 Å². The van der Waals surface area contributed by atoms with Gasteiger partial charge in [0.05, 0.1) is 12.6 Å². The molecule has 0 aromatic heterocycles. The smallest absolute Gasteiger partial charge is 0.331 e. The molecule has 5 heteroatoms. The van der Waals surface area contributed by atoms with Crippen molar-refractivity contribution in [3.63, 3.8) is 0 Å². The van der Waals surface area contributed by atoms with E-state index in [1.807, 2.05) is 78.7 Å². The Hall–Kier alpha value is -3.70. The topological polar surface area (TPSA) is 49.9 Å². The van der Waals surface area contributed by atoms with Crippen molar-refractivity contribution in [2.45, 2.75) is 18.7 Å². The zero-order valence-corrected chi connectivity index (χ0v) is 18.9. The van der Waals surface area contributed by atoms with E-state index in [1.54, 1.807) is 7.05 Å². The van der Waals surface area contributed by atoms with Crippen LogP contribution in [0.25, 0.3) is 5.57 Å². The molecule has 1 aliphatic heterocycles. The van der Waals surface area contributed by atoms with Gasteiger partial charge in [-0.25, -0.2) is 4.79 Å². The Labute approximate surface area is 194 Å². The molecule has 168 valence electrons. The van der Waals surface area contributed by atoms with Crippen molar-refractivity contribution in [3.05, 3.63) is 114 Å². The molecule has 5 nitrogen and oxygen atoms in total. The Bertz CT molecular complexity index is 1070. The quantitative estimate of drug-likeness (QED) is 0.544. The predicted octanol–water partition coefficient (Wildman–Crippen LogP) is 4.00. The van der Waals surface area contributed by atoms with Gasteiger partial charge in [-0.2, -0.15) is 0 Å². The van der Waals surface area contributed by atoms with E-state index in [2.05, 4.69) is 30.3 Å². The van der Waals surface area contributed by atoms with Crippen LogP contribution in [0.3, 0.4) is 0 Å². The molecule has 1 heterocycles. The molecule has 3 aromatic carbocycles. The van der Waals surface area contributed by atoms with Crippen LogP contribution in [-0.4, -0.2) is 54.4 Å². The standard InChI is InChI=1S/C28H28N2O3/c1-29-19-26(31)30(2)27(28(32)33-20-21-12-6-3-7-13-21)25(29)18-24(22-14-8-4-9-15-22)23-16-10-5-11-17-23/h3-18,25,27H,19-20H2,1-2H3/t25-,27+/m1/s1. The van der Waals surface area contributed by atoms with Crippen LogP contribution >= 0.6 is 0 Å². The third-order valence-corrected chi connectivity index (χ3v) is 6.00. The number of esters is 1. The van der Waals surface area contributed by atoms with Gasteiger partial charge in [0.1, 0.15) is 12.6 Å². The molecule has 0 unspecified atom stereocenters. The number of hydrogen-bond acceptors (Lipinski definition) is 4. The number of benzene rings is 3. The van der Waals surface area contributed by atoms with Crippen LogP contribution in [0, 0.1) is 0 Å². The van der Waals surface area contributed by atoms with Crippen molar-refractivity contribution < 1.29 is 14.3 Å². The van der Waals surface area contributed by atoms with Gasteiger partial charge in [0.25, 0.3) is 0 Å². The Morgan fingerprint density at radius 2 is 1.39 bits per heavy atom. The number of carbonyl (C=O) groups excluding carboxylic acids is 2.